The number of hydrogen-bond acceptors (Lipinski definition) is 9. The quantitative estimate of drug-likeness (QED) is 0.197. The minimum absolute atomic E-state index is 0. The van der Waals surface area contributed by atoms with E-state index in [1.165, 1.54) is 17.0 Å². The van der Waals surface area contributed by atoms with Gasteiger partial charge in [0.05, 0.1) is 6.04 Å². The van der Waals surface area contributed by atoms with Gasteiger partial charge in [0, 0.05) is 32.5 Å². The molecule has 0 aliphatic carbocycles. The number of likely N-dealkylation sites (tertiary alicyclic amines) is 1. The molecule has 2 aliphatic rings. The first-order valence-electron chi connectivity index (χ1n) is 14.6. The number of nitrogens with two attached hydrogens (primary N) is 3. The van der Waals surface area contributed by atoms with E-state index in [4.69, 9.17) is 17.2 Å². The lowest BCUT2D eigenvalue weighted by molar-refractivity contribution is -0.141. The summed E-state index contributed by atoms with van der Waals surface area (Å²) in [5.74, 6) is -2.14. The van der Waals surface area contributed by atoms with Crippen LogP contribution in [0, 0.1) is 0 Å². The van der Waals surface area contributed by atoms with Crippen molar-refractivity contribution >= 4 is 60.8 Å². The zero-order valence-corrected chi connectivity index (χ0v) is 27.7. The van der Waals surface area contributed by atoms with E-state index in [2.05, 4.69) is 16.0 Å². The first kappa shape index (κ1) is 40.7. The van der Waals surface area contributed by atoms with Crippen LogP contribution >= 0.6 is 37.2 Å². The molecule has 16 heteroatoms. The van der Waals surface area contributed by atoms with E-state index >= 15 is 0 Å². The summed E-state index contributed by atoms with van der Waals surface area (Å²) in [6, 6.07) is 5.79. The van der Waals surface area contributed by atoms with E-state index in [1.54, 1.807) is 24.3 Å². The van der Waals surface area contributed by atoms with E-state index in [0.717, 1.165) is 0 Å². The monoisotopic (exact) mass is 703 g/mol. The summed E-state index contributed by atoms with van der Waals surface area (Å²) in [6.07, 6.45) is 1.58. The van der Waals surface area contributed by atoms with Crippen molar-refractivity contribution in [2.45, 2.75) is 62.7 Å². The van der Waals surface area contributed by atoms with Gasteiger partial charge in [-0.25, -0.2) is 0 Å². The number of nitrogens with zero attached hydrogens (tertiary/aromatic N) is 1. The lowest BCUT2D eigenvalue weighted by Gasteiger charge is -2.30. The minimum Gasteiger partial charge on any atom is -0.508 e. The number of phenolic OH excluding ortho intramolecular Hbond substituents is 2. The summed E-state index contributed by atoms with van der Waals surface area (Å²) in [6.45, 7) is 1.10. The molecule has 2 aromatic carbocycles. The van der Waals surface area contributed by atoms with Gasteiger partial charge in [0.25, 0.3) is 0 Å². The Bertz CT molecular complexity index is 1370. The Morgan fingerprint density at radius 1 is 0.891 bits per heavy atom. The number of rotatable bonds is 7. The molecule has 256 valence electrons. The fraction of sp³-hybridized carbons (Fsp3) is 0.467. The SMILES string of the molecule is Cl.Cl.Cl.NCCC[C@@H]1NC(=O)[C@@H](N)Cc2cc(ccc2O)-c2ccc(O)c(c2)C[C@@H](C(=O)N2CCC[C@H]2C(=O)NCCN)NC1=O. The Kier molecular flexibility index (Phi) is 16.6. The molecule has 46 heavy (non-hydrogen) atoms. The first-order chi connectivity index (χ1) is 20.6. The number of carbonyl (C=O) groups is 4. The molecule has 2 aliphatic heterocycles. The van der Waals surface area contributed by atoms with E-state index in [0.29, 0.717) is 48.1 Å². The molecular weight excluding hydrogens is 661 g/mol. The van der Waals surface area contributed by atoms with Crippen LogP contribution in [0.15, 0.2) is 36.4 Å². The fourth-order valence-corrected chi connectivity index (χ4v) is 5.57. The average Bonchev–Trinajstić information content (AvgIpc) is 3.49. The number of aromatic hydroxyl groups is 2. The van der Waals surface area contributed by atoms with Gasteiger partial charge < -0.3 is 48.3 Å². The van der Waals surface area contributed by atoms with Gasteiger partial charge in [-0.2, -0.15) is 0 Å². The number of fused-ring (bicyclic) bond motifs is 5. The minimum atomic E-state index is -1.16. The maximum absolute atomic E-state index is 14.0. The molecule has 1 fully saturated rings. The molecule has 4 atom stereocenters. The largest absolute Gasteiger partial charge is 0.508 e. The number of nitrogens with one attached hydrogen (secondary N) is 3. The maximum atomic E-state index is 14.0. The molecule has 0 radical (unpaired) electrons. The number of benzene rings is 2. The predicted octanol–water partition coefficient (Wildman–Crippen LogP) is 0.231. The highest BCUT2D eigenvalue weighted by atomic mass is 35.5. The molecule has 0 saturated carbocycles. The predicted molar refractivity (Wildman–Crippen MR) is 181 cm³/mol. The van der Waals surface area contributed by atoms with Crippen LogP contribution < -0.4 is 33.2 Å². The molecule has 0 spiro atoms. The molecule has 2 heterocycles. The maximum Gasteiger partial charge on any atom is 0.246 e. The molecular formula is C30H44Cl3N7O6. The second-order valence-electron chi connectivity index (χ2n) is 11.0. The fourth-order valence-electron chi connectivity index (χ4n) is 5.57. The Morgan fingerprint density at radius 2 is 1.50 bits per heavy atom. The summed E-state index contributed by atoms with van der Waals surface area (Å²) in [5, 5.41) is 29.5. The van der Waals surface area contributed by atoms with Crippen molar-refractivity contribution in [2.24, 2.45) is 17.2 Å². The topological polar surface area (TPSA) is 226 Å². The molecule has 4 amide bonds. The van der Waals surface area contributed by atoms with Crippen LogP contribution in [0.3, 0.4) is 0 Å². The normalized spacial score (nSPS) is 21.2. The Balaban J connectivity index is 0.00000353. The van der Waals surface area contributed by atoms with E-state index in [-0.39, 0.29) is 93.5 Å². The molecule has 4 bridgehead atoms. The molecule has 0 unspecified atom stereocenters. The van der Waals surface area contributed by atoms with Gasteiger partial charge >= 0.3 is 0 Å². The lowest BCUT2D eigenvalue weighted by atomic mass is 9.95. The van der Waals surface area contributed by atoms with Gasteiger partial charge in [0.1, 0.15) is 29.6 Å². The van der Waals surface area contributed by atoms with Crippen molar-refractivity contribution in [3.8, 4) is 22.6 Å². The third kappa shape index (κ3) is 9.84. The highest BCUT2D eigenvalue weighted by molar-refractivity contribution is 5.95. The van der Waals surface area contributed by atoms with Crippen LogP contribution in [-0.4, -0.2) is 89.1 Å². The second-order valence-corrected chi connectivity index (χ2v) is 11.0. The number of halogens is 3. The summed E-state index contributed by atoms with van der Waals surface area (Å²) in [7, 11) is 0. The van der Waals surface area contributed by atoms with Gasteiger partial charge in [0.2, 0.25) is 23.6 Å². The highest BCUT2D eigenvalue weighted by Gasteiger charge is 2.38. The molecule has 1 saturated heterocycles. The summed E-state index contributed by atoms with van der Waals surface area (Å²) in [5.41, 5.74) is 19.6. The molecule has 4 rings (SSSR count). The highest BCUT2D eigenvalue weighted by Crippen LogP contribution is 2.31. The number of hydrogen-bond donors (Lipinski definition) is 8. The summed E-state index contributed by atoms with van der Waals surface area (Å²) < 4.78 is 0. The summed E-state index contributed by atoms with van der Waals surface area (Å²) >= 11 is 0. The standard InChI is InChI=1S/C30H41N7O6.3ClH/c31-9-1-3-22-28(41)36-23(30(43)37-12-2-4-24(37)29(42)34-11-10-32)16-20-14-18(6-8-26(20)39)17-5-7-25(38)19(13-17)15-21(33)27(40)35-22;;;/h5-8,13-14,21-24,38-39H,1-4,9-12,15-16,31-33H2,(H,34,42)(H,35,40)(H,36,41);3*1H/t21-,22-,23-,24-;;;/m0.../s1. The van der Waals surface area contributed by atoms with E-state index in [9.17, 15) is 29.4 Å². The van der Waals surface area contributed by atoms with Crippen molar-refractivity contribution in [1.29, 1.82) is 0 Å². The zero-order chi connectivity index (χ0) is 31.1. The summed E-state index contributed by atoms with van der Waals surface area (Å²) in [4.78, 5) is 55.1. The van der Waals surface area contributed by atoms with Crippen LogP contribution in [0.1, 0.15) is 36.8 Å². The van der Waals surface area contributed by atoms with Gasteiger partial charge in [-0.1, -0.05) is 12.1 Å². The molecule has 2 aromatic rings. The second kappa shape index (κ2) is 18.7. The van der Waals surface area contributed by atoms with Crippen LogP contribution in [-0.2, 0) is 32.0 Å². The van der Waals surface area contributed by atoms with Crippen molar-refractivity contribution < 1.29 is 29.4 Å². The van der Waals surface area contributed by atoms with E-state index in [1.807, 2.05) is 0 Å². The Morgan fingerprint density at radius 3 is 2.09 bits per heavy atom. The van der Waals surface area contributed by atoms with Crippen LogP contribution in [0.5, 0.6) is 11.5 Å². The third-order valence-corrected chi connectivity index (χ3v) is 7.92. The third-order valence-electron chi connectivity index (χ3n) is 7.92. The van der Waals surface area contributed by atoms with Crippen LogP contribution in [0.2, 0.25) is 0 Å². The van der Waals surface area contributed by atoms with Crippen LogP contribution in [0.4, 0.5) is 0 Å². The van der Waals surface area contributed by atoms with Crippen molar-refractivity contribution in [3.05, 3.63) is 47.5 Å². The number of amides is 4. The first-order valence-corrected chi connectivity index (χ1v) is 14.6. The Hall–Kier alpha value is -3.33. The number of carbonyl (C=O) groups excluding carboxylic acids is 4. The smallest absolute Gasteiger partial charge is 0.246 e. The van der Waals surface area contributed by atoms with Crippen molar-refractivity contribution in [1.82, 2.24) is 20.9 Å². The van der Waals surface area contributed by atoms with Crippen molar-refractivity contribution in [3.63, 3.8) is 0 Å². The molecule has 13 nitrogen and oxygen atoms in total. The van der Waals surface area contributed by atoms with Gasteiger partial charge in [-0.3, -0.25) is 19.2 Å². The lowest BCUT2D eigenvalue weighted by Crippen LogP contribution is -2.58. The van der Waals surface area contributed by atoms with Gasteiger partial charge in [-0.05, 0) is 78.7 Å². The molecule has 11 N–H and O–H groups in total. The number of phenols is 2. The van der Waals surface area contributed by atoms with Crippen LogP contribution in [0.25, 0.3) is 11.1 Å². The van der Waals surface area contributed by atoms with E-state index < -0.39 is 41.9 Å². The van der Waals surface area contributed by atoms with Gasteiger partial charge in [-0.15, -0.1) is 37.2 Å². The van der Waals surface area contributed by atoms with Gasteiger partial charge in [0.15, 0.2) is 0 Å². The Labute approximate surface area is 286 Å². The van der Waals surface area contributed by atoms with Crippen molar-refractivity contribution in [2.75, 3.05) is 26.2 Å². The zero-order valence-electron chi connectivity index (χ0n) is 25.3. The molecule has 0 aromatic heterocycles. The average molecular weight is 705 g/mol.